The van der Waals surface area contributed by atoms with Crippen molar-refractivity contribution in [2.75, 3.05) is 40.9 Å². The number of aliphatic hydroxyl groups is 1. The molecule has 0 aromatic carbocycles. The summed E-state index contributed by atoms with van der Waals surface area (Å²) in [6.07, 6.45) is 74.9. The van der Waals surface area contributed by atoms with E-state index in [-0.39, 0.29) is 19.1 Å². The third kappa shape index (κ3) is 55.4. The molecule has 0 saturated heterocycles. The number of unbranched alkanes of at least 4 members (excludes halogenated alkanes) is 27. The normalized spacial score (nSPS) is 14.5. The van der Waals surface area contributed by atoms with E-state index in [1.165, 1.54) is 141 Å². The maximum Gasteiger partial charge on any atom is 0.472 e. The van der Waals surface area contributed by atoms with Crippen LogP contribution in [0.3, 0.4) is 0 Å². The molecule has 0 saturated carbocycles. The first-order valence-corrected chi connectivity index (χ1v) is 31.4. The van der Waals surface area contributed by atoms with Gasteiger partial charge in [0, 0.05) is 6.42 Å². The lowest BCUT2D eigenvalue weighted by Gasteiger charge is -2.26. The molecule has 418 valence electrons. The summed E-state index contributed by atoms with van der Waals surface area (Å²) in [5, 5.41) is 14.1. The van der Waals surface area contributed by atoms with Gasteiger partial charge in [-0.3, -0.25) is 13.8 Å². The SMILES string of the molecule is CC/C=C\C/C=C\C/C=C\C/C=C\C/C=C\C/C=C\C/C=C\CCCCCCCCCCCC(=O)NC(COP(=O)(O)OCC[N+](C)(C)C)C(O)CCCCCCCCCCCCCCCCCCCCC. The van der Waals surface area contributed by atoms with Crippen LogP contribution in [0.5, 0.6) is 0 Å². The molecule has 9 heteroatoms. The van der Waals surface area contributed by atoms with Gasteiger partial charge in [0.2, 0.25) is 5.91 Å². The number of nitrogens with zero attached hydrogens (tertiary/aromatic N) is 1. The molecule has 0 aliphatic rings. The lowest BCUT2D eigenvalue weighted by Crippen LogP contribution is -2.46. The third-order valence-corrected chi connectivity index (χ3v) is 14.1. The predicted octanol–water partition coefficient (Wildman–Crippen LogP) is 18.4. The first-order chi connectivity index (χ1) is 35.0. The molecule has 0 aromatic rings. The van der Waals surface area contributed by atoms with E-state index in [0.717, 1.165) is 89.9 Å². The van der Waals surface area contributed by atoms with Crippen molar-refractivity contribution >= 4 is 13.7 Å². The van der Waals surface area contributed by atoms with Gasteiger partial charge in [-0.1, -0.05) is 266 Å². The van der Waals surface area contributed by atoms with Crippen LogP contribution in [0.2, 0.25) is 0 Å². The Morgan fingerprint density at radius 2 is 0.833 bits per heavy atom. The van der Waals surface area contributed by atoms with Gasteiger partial charge < -0.3 is 19.8 Å². The van der Waals surface area contributed by atoms with Crippen molar-refractivity contribution in [3.8, 4) is 0 Å². The van der Waals surface area contributed by atoms with Crippen molar-refractivity contribution in [2.24, 2.45) is 0 Å². The second-order valence-corrected chi connectivity index (χ2v) is 22.8. The Morgan fingerprint density at radius 3 is 1.22 bits per heavy atom. The Labute approximate surface area is 446 Å². The molecule has 0 fully saturated rings. The summed E-state index contributed by atoms with van der Waals surface area (Å²) < 4.78 is 23.8. The number of carbonyl (C=O) groups is 1. The summed E-state index contributed by atoms with van der Waals surface area (Å²) in [7, 11) is 1.61. The molecular weight excluding hydrogens is 912 g/mol. The topological polar surface area (TPSA) is 105 Å². The number of hydrogen-bond donors (Lipinski definition) is 3. The molecule has 0 bridgehead atoms. The van der Waals surface area contributed by atoms with Crippen molar-refractivity contribution in [3.63, 3.8) is 0 Å². The van der Waals surface area contributed by atoms with E-state index in [2.05, 4.69) is 104 Å². The molecule has 1 amide bonds. The standard InChI is InChI=1S/C63H115N2O6P/c1-6-8-10-12-14-16-18-20-22-24-26-27-28-29-30-31-32-33-34-35-36-37-39-41-43-45-47-49-51-53-55-57-63(67)64-61(60-71-72(68,69)70-59-58-65(3,4)5)62(66)56-54-52-50-48-46-44-42-40-38-25-23-21-19-17-15-13-11-9-7-2/h8,10,14,16,20,22,26-27,29-30,32-33,35-36,61-62,66H,6-7,9,11-13,15,17-19,21,23-25,28,31,34,37-60H2,1-5H3,(H-,64,67,68,69)/p+1/b10-8-,16-14-,22-20-,27-26-,30-29-,33-32-,36-35-. The van der Waals surface area contributed by atoms with E-state index in [1.807, 2.05) is 21.1 Å². The van der Waals surface area contributed by atoms with E-state index in [1.54, 1.807) is 0 Å². The van der Waals surface area contributed by atoms with E-state index in [0.29, 0.717) is 23.9 Å². The Morgan fingerprint density at radius 1 is 0.486 bits per heavy atom. The lowest BCUT2D eigenvalue weighted by molar-refractivity contribution is -0.870. The molecule has 0 rings (SSSR count). The summed E-state index contributed by atoms with van der Waals surface area (Å²) in [6, 6.07) is -0.770. The molecule has 3 atom stereocenters. The van der Waals surface area contributed by atoms with Crippen LogP contribution in [0, 0.1) is 0 Å². The predicted molar refractivity (Wildman–Crippen MR) is 313 cm³/mol. The second kappa shape index (κ2) is 53.5. The van der Waals surface area contributed by atoms with Gasteiger partial charge in [0.15, 0.2) is 0 Å². The lowest BCUT2D eigenvalue weighted by atomic mass is 10.0. The van der Waals surface area contributed by atoms with Crippen LogP contribution >= 0.6 is 7.82 Å². The maximum absolute atomic E-state index is 13.0. The molecule has 0 aromatic heterocycles. The van der Waals surface area contributed by atoms with E-state index in [9.17, 15) is 19.4 Å². The molecule has 0 heterocycles. The average Bonchev–Trinajstić information content (AvgIpc) is 3.34. The van der Waals surface area contributed by atoms with Crippen LogP contribution in [0.1, 0.15) is 258 Å². The third-order valence-electron chi connectivity index (χ3n) is 13.2. The number of likely N-dealkylation sites (N-methyl/N-ethyl adjacent to an activating group) is 1. The molecule has 0 aliphatic heterocycles. The molecule has 0 aliphatic carbocycles. The van der Waals surface area contributed by atoms with Crippen LogP contribution in [0.15, 0.2) is 85.1 Å². The summed E-state index contributed by atoms with van der Waals surface area (Å²) in [6.45, 7) is 4.78. The van der Waals surface area contributed by atoms with Crippen molar-refractivity contribution in [1.29, 1.82) is 0 Å². The summed E-state index contributed by atoms with van der Waals surface area (Å²) in [5.74, 6) is -0.152. The van der Waals surface area contributed by atoms with Gasteiger partial charge in [0.25, 0.3) is 0 Å². The molecule has 3 N–H and O–H groups in total. The summed E-state index contributed by atoms with van der Waals surface area (Å²) >= 11 is 0. The van der Waals surface area contributed by atoms with Gasteiger partial charge in [-0.25, -0.2) is 4.57 Å². The van der Waals surface area contributed by atoms with Gasteiger partial charge in [0.05, 0.1) is 39.9 Å². The molecule has 8 nitrogen and oxygen atoms in total. The van der Waals surface area contributed by atoms with Crippen molar-refractivity contribution in [3.05, 3.63) is 85.1 Å². The number of allylic oxidation sites excluding steroid dienone is 14. The van der Waals surface area contributed by atoms with Gasteiger partial charge in [-0.15, -0.1) is 0 Å². The number of nitrogens with one attached hydrogen (secondary N) is 1. The quantitative estimate of drug-likeness (QED) is 0.0243. The molecule has 72 heavy (non-hydrogen) atoms. The van der Waals surface area contributed by atoms with E-state index >= 15 is 0 Å². The van der Waals surface area contributed by atoms with Crippen molar-refractivity contribution in [1.82, 2.24) is 5.32 Å². The highest BCUT2D eigenvalue weighted by atomic mass is 31.2. The highest BCUT2D eigenvalue weighted by Gasteiger charge is 2.28. The smallest absolute Gasteiger partial charge is 0.391 e. The first-order valence-electron chi connectivity index (χ1n) is 30.0. The Hall–Kier alpha value is -2.32. The zero-order valence-corrected chi connectivity index (χ0v) is 48.5. The van der Waals surface area contributed by atoms with Crippen LogP contribution < -0.4 is 5.32 Å². The monoisotopic (exact) mass is 1030 g/mol. The minimum absolute atomic E-state index is 0.0701. The second-order valence-electron chi connectivity index (χ2n) is 21.3. The largest absolute Gasteiger partial charge is 0.472 e. The molecule has 3 unspecified atom stereocenters. The van der Waals surface area contributed by atoms with E-state index < -0.39 is 20.0 Å². The van der Waals surface area contributed by atoms with Crippen LogP contribution in [-0.2, 0) is 18.4 Å². The Balaban J connectivity index is 4.17. The number of amides is 1. The number of rotatable bonds is 54. The Kier molecular flexibility index (Phi) is 51.8. The number of aliphatic hydroxyl groups excluding tert-OH is 1. The zero-order valence-electron chi connectivity index (χ0n) is 47.7. The molecule has 0 radical (unpaired) electrons. The number of quaternary nitrogens is 1. The fourth-order valence-electron chi connectivity index (χ4n) is 8.50. The first kappa shape index (κ1) is 69.7. The van der Waals surface area contributed by atoms with Gasteiger partial charge in [-0.05, 0) is 70.6 Å². The highest BCUT2D eigenvalue weighted by Crippen LogP contribution is 2.43. The van der Waals surface area contributed by atoms with Gasteiger partial charge in [0.1, 0.15) is 13.2 Å². The maximum atomic E-state index is 13.0. The minimum Gasteiger partial charge on any atom is -0.391 e. The highest BCUT2D eigenvalue weighted by molar-refractivity contribution is 7.47. The Bertz CT molecular complexity index is 1450. The summed E-state index contributed by atoms with van der Waals surface area (Å²) in [5.41, 5.74) is 0. The van der Waals surface area contributed by atoms with Crippen molar-refractivity contribution in [2.45, 2.75) is 270 Å². The van der Waals surface area contributed by atoms with E-state index in [4.69, 9.17) is 9.05 Å². The fourth-order valence-corrected chi connectivity index (χ4v) is 9.23. The van der Waals surface area contributed by atoms with Crippen LogP contribution in [0.25, 0.3) is 0 Å². The molecular formula is C63H116N2O6P+. The van der Waals surface area contributed by atoms with Crippen LogP contribution in [0.4, 0.5) is 0 Å². The fraction of sp³-hybridized carbons (Fsp3) is 0.762. The van der Waals surface area contributed by atoms with Gasteiger partial charge in [-0.2, -0.15) is 0 Å². The summed E-state index contributed by atoms with van der Waals surface area (Å²) in [4.78, 5) is 23.4. The molecule has 0 spiro atoms. The average molecular weight is 1030 g/mol. The number of phosphoric ester groups is 1. The van der Waals surface area contributed by atoms with Gasteiger partial charge >= 0.3 is 7.82 Å². The van der Waals surface area contributed by atoms with Crippen LogP contribution in [-0.4, -0.2) is 73.4 Å². The number of carbonyl (C=O) groups excluding carboxylic acids is 1. The number of phosphoric acid groups is 1. The number of hydrogen-bond acceptors (Lipinski definition) is 5. The zero-order chi connectivity index (χ0) is 52.7. The minimum atomic E-state index is -4.33. The van der Waals surface area contributed by atoms with Crippen molar-refractivity contribution < 1.29 is 32.9 Å².